The summed E-state index contributed by atoms with van der Waals surface area (Å²) in [5.41, 5.74) is 2.13. The first kappa shape index (κ1) is 21.6. The second-order valence-electron chi connectivity index (χ2n) is 7.79. The van der Waals surface area contributed by atoms with Gasteiger partial charge in [-0.15, -0.1) is 12.4 Å². The minimum atomic E-state index is -4.35. The highest BCUT2D eigenvalue weighted by Gasteiger charge is 2.50. The van der Waals surface area contributed by atoms with E-state index >= 15 is 0 Å². The summed E-state index contributed by atoms with van der Waals surface area (Å²) >= 11 is 0. The summed E-state index contributed by atoms with van der Waals surface area (Å²) in [4.78, 5) is 18.8. The van der Waals surface area contributed by atoms with E-state index in [0.29, 0.717) is 0 Å². The molecule has 1 spiro atoms. The molecule has 0 radical (unpaired) electrons. The van der Waals surface area contributed by atoms with Crippen LogP contribution in [-0.2, 0) is 11.0 Å². The first-order valence-electron chi connectivity index (χ1n) is 9.37. The zero-order valence-corrected chi connectivity index (χ0v) is 17.0. The number of hydrogen-bond acceptors (Lipinski definition) is 3. The molecule has 3 heterocycles. The zero-order valence-electron chi connectivity index (χ0n) is 16.2. The van der Waals surface area contributed by atoms with Gasteiger partial charge in [0.05, 0.1) is 17.3 Å². The minimum Gasteiger partial charge on any atom is -0.344 e. The smallest absolute Gasteiger partial charge is 0.344 e. The van der Waals surface area contributed by atoms with Crippen LogP contribution in [0.4, 0.5) is 13.2 Å². The maximum atomic E-state index is 12.8. The molecule has 2 aliphatic heterocycles. The van der Waals surface area contributed by atoms with Crippen LogP contribution in [0.3, 0.4) is 0 Å². The molecule has 2 atom stereocenters. The summed E-state index contributed by atoms with van der Waals surface area (Å²) in [5, 5.41) is 3.49. The fourth-order valence-electron chi connectivity index (χ4n) is 4.27. The lowest BCUT2D eigenvalue weighted by molar-refractivity contribution is -0.137. The van der Waals surface area contributed by atoms with Crippen molar-refractivity contribution in [3.8, 4) is 11.1 Å². The van der Waals surface area contributed by atoms with Crippen LogP contribution in [0.2, 0.25) is 0 Å². The topological polar surface area (TPSA) is 45.2 Å². The second-order valence-corrected chi connectivity index (χ2v) is 7.79. The molecule has 1 N–H and O–H groups in total. The highest BCUT2D eigenvalue weighted by Crippen LogP contribution is 2.39. The molecule has 2 aromatic rings. The average Bonchev–Trinajstić information content (AvgIpc) is 3.22. The fraction of sp³-hybridized carbons (Fsp3) is 0.429. The van der Waals surface area contributed by atoms with Gasteiger partial charge >= 0.3 is 6.18 Å². The van der Waals surface area contributed by atoms with Gasteiger partial charge in [0.1, 0.15) is 5.54 Å². The number of aromatic nitrogens is 1. The molecule has 1 aromatic carbocycles. The fourth-order valence-corrected chi connectivity index (χ4v) is 4.27. The Kier molecular flexibility index (Phi) is 5.66. The van der Waals surface area contributed by atoms with Crippen LogP contribution in [-0.4, -0.2) is 34.9 Å². The van der Waals surface area contributed by atoms with E-state index in [1.54, 1.807) is 11.1 Å². The lowest BCUT2D eigenvalue weighted by atomic mass is 9.96. The third-order valence-corrected chi connectivity index (χ3v) is 5.94. The normalized spacial score (nSPS) is 24.2. The first-order valence-corrected chi connectivity index (χ1v) is 9.37. The molecule has 2 fully saturated rings. The van der Waals surface area contributed by atoms with Crippen molar-refractivity contribution in [2.45, 2.75) is 43.9 Å². The van der Waals surface area contributed by atoms with Gasteiger partial charge in [0.15, 0.2) is 0 Å². The predicted octanol–water partition coefficient (Wildman–Crippen LogP) is 4.52. The number of rotatable bonds is 2. The van der Waals surface area contributed by atoms with Crippen molar-refractivity contribution in [2.24, 2.45) is 0 Å². The summed E-state index contributed by atoms with van der Waals surface area (Å²) in [6, 6.07) is 7.08. The summed E-state index contributed by atoms with van der Waals surface area (Å²) in [6.07, 6.45) is -0.234. The minimum absolute atomic E-state index is 0. The number of benzene rings is 1. The highest BCUT2D eigenvalue weighted by atomic mass is 35.5. The molecular weight excluding hydrogens is 403 g/mol. The van der Waals surface area contributed by atoms with Gasteiger partial charge in [-0.1, -0.05) is 12.1 Å². The van der Waals surface area contributed by atoms with Crippen LogP contribution < -0.4 is 5.32 Å². The molecule has 2 saturated heterocycles. The highest BCUT2D eigenvalue weighted by molar-refractivity contribution is 5.88. The van der Waals surface area contributed by atoms with Crippen LogP contribution >= 0.6 is 12.4 Å². The third kappa shape index (κ3) is 3.85. The van der Waals surface area contributed by atoms with E-state index in [2.05, 4.69) is 10.3 Å². The molecule has 0 aliphatic carbocycles. The zero-order chi connectivity index (χ0) is 20.1. The molecular formula is C21H23ClF3N3O. The Morgan fingerprint density at radius 1 is 1.21 bits per heavy atom. The summed E-state index contributed by atoms with van der Waals surface area (Å²) in [6.45, 7) is 2.64. The lowest BCUT2D eigenvalue weighted by Gasteiger charge is -2.23. The molecule has 29 heavy (non-hydrogen) atoms. The van der Waals surface area contributed by atoms with Crippen molar-refractivity contribution in [2.75, 3.05) is 13.6 Å². The predicted molar refractivity (Wildman–Crippen MR) is 107 cm³/mol. The Labute approximate surface area is 173 Å². The number of likely N-dealkylation sites (tertiary alicyclic amines) is 1. The molecule has 2 aliphatic rings. The van der Waals surface area contributed by atoms with E-state index < -0.39 is 17.3 Å². The van der Waals surface area contributed by atoms with Gasteiger partial charge in [-0.3, -0.25) is 15.1 Å². The van der Waals surface area contributed by atoms with E-state index in [1.165, 1.54) is 12.1 Å². The van der Waals surface area contributed by atoms with Crippen molar-refractivity contribution in [1.29, 1.82) is 0 Å². The Hall–Kier alpha value is -2.12. The largest absolute Gasteiger partial charge is 0.416 e. The monoisotopic (exact) mass is 425 g/mol. The lowest BCUT2D eigenvalue weighted by Crippen LogP contribution is -2.47. The molecule has 0 bridgehead atoms. The van der Waals surface area contributed by atoms with Gasteiger partial charge in [-0.25, -0.2) is 0 Å². The van der Waals surface area contributed by atoms with Crippen molar-refractivity contribution >= 4 is 18.3 Å². The van der Waals surface area contributed by atoms with E-state index in [9.17, 15) is 18.0 Å². The van der Waals surface area contributed by atoms with Crippen molar-refractivity contribution in [3.63, 3.8) is 0 Å². The quantitative estimate of drug-likeness (QED) is 0.769. The Morgan fingerprint density at radius 2 is 1.90 bits per heavy atom. The van der Waals surface area contributed by atoms with Gasteiger partial charge in [0, 0.05) is 19.8 Å². The molecule has 8 heteroatoms. The van der Waals surface area contributed by atoms with E-state index in [-0.39, 0.29) is 24.4 Å². The van der Waals surface area contributed by atoms with Crippen molar-refractivity contribution in [3.05, 3.63) is 53.3 Å². The van der Waals surface area contributed by atoms with Gasteiger partial charge in [-0.05, 0) is 61.1 Å². The summed E-state index contributed by atoms with van der Waals surface area (Å²) in [7, 11) is 1.82. The molecule has 0 saturated carbocycles. The number of halogens is 4. The summed E-state index contributed by atoms with van der Waals surface area (Å²) in [5.74, 6) is 0.130. The molecule has 1 amide bonds. The third-order valence-electron chi connectivity index (χ3n) is 5.94. The van der Waals surface area contributed by atoms with Gasteiger partial charge < -0.3 is 4.90 Å². The second kappa shape index (κ2) is 7.61. The van der Waals surface area contributed by atoms with Crippen molar-refractivity contribution in [1.82, 2.24) is 15.2 Å². The Bertz CT molecular complexity index is 916. The van der Waals surface area contributed by atoms with E-state index in [4.69, 9.17) is 0 Å². The molecule has 156 valence electrons. The number of likely N-dealkylation sites (N-methyl/N-ethyl adjacent to an activating group) is 1. The van der Waals surface area contributed by atoms with Crippen LogP contribution in [0.15, 0.2) is 36.5 Å². The number of nitrogens with zero attached hydrogens (tertiary/aromatic N) is 2. The number of alkyl halides is 3. The van der Waals surface area contributed by atoms with Crippen molar-refractivity contribution < 1.29 is 18.0 Å². The van der Waals surface area contributed by atoms with Gasteiger partial charge in [0.25, 0.3) is 0 Å². The van der Waals surface area contributed by atoms with Crippen LogP contribution in [0, 0.1) is 6.92 Å². The number of aryl methyl sites for hydroxylation is 1. The maximum Gasteiger partial charge on any atom is 0.416 e. The number of amides is 1. The molecule has 0 unspecified atom stereocenters. The standard InChI is InChI=1S/C21H22F3N3O.ClH/c1-13-12-25-18(17-7-8-20(26-17)9-10-27(2)19(20)28)11-16(13)14-3-5-15(6-4-14)21(22,23)24;/h3-6,11-12,17,26H,7-10H2,1-2H3;1H/t17-,20-;/m0./s1. The SMILES string of the molecule is Cc1cnc([C@@H]2CC[C@@]3(CCN(C)C3=O)N2)cc1-c1ccc(C(F)(F)F)cc1.Cl. The van der Waals surface area contributed by atoms with Crippen LogP contribution in [0.25, 0.3) is 11.1 Å². The molecule has 4 rings (SSSR count). The first-order chi connectivity index (χ1) is 13.2. The summed E-state index contributed by atoms with van der Waals surface area (Å²) < 4.78 is 38.5. The van der Waals surface area contributed by atoms with E-state index in [0.717, 1.165) is 60.3 Å². The number of pyridine rings is 1. The Morgan fingerprint density at radius 3 is 2.48 bits per heavy atom. The maximum absolute atomic E-state index is 12.8. The van der Waals surface area contributed by atoms with Gasteiger partial charge in [0.2, 0.25) is 5.91 Å². The molecule has 1 aromatic heterocycles. The van der Waals surface area contributed by atoms with Crippen LogP contribution in [0.5, 0.6) is 0 Å². The number of nitrogens with one attached hydrogen (secondary N) is 1. The van der Waals surface area contributed by atoms with Crippen LogP contribution in [0.1, 0.15) is 42.1 Å². The number of hydrogen-bond donors (Lipinski definition) is 1. The Balaban J connectivity index is 0.00000240. The number of carbonyl (C=O) groups excluding carboxylic acids is 1. The average molecular weight is 426 g/mol. The van der Waals surface area contributed by atoms with E-state index in [1.807, 2.05) is 20.0 Å². The number of carbonyl (C=O) groups is 1. The molecule has 4 nitrogen and oxygen atoms in total. The van der Waals surface area contributed by atoms with Gasteiger partial charge in [-0.2, -0.15) is 13.2 Å².